The number of ether oxygens (including phenoxy) is 1. The van der Waals surface area contributed by atoms with Gasteiger partial charge in [0.2, 0.25) is 16.8 Å². The fourth-order valence-corrected chi connectivity index (χ4v) is 4.55. The van der Waals surface area contributed by atoms with E-state index in [0.717, 1.165) is 5.57 Å². The quantitative estimate of drug-likeness (QED) is 0.480. The second-order valence-electron chi connectivity index (χ2n) is 6.83. The highest BCUT2D eigenvalue weighted by Crippen LogP contribution is 2.26. The van der Waals surface area contributed by atoms with Gasteiger partial charge in [-0.1, -0.05) is 12.2 Å². The van der Waals surface area contributed by atoms with Crippen molar-refractivity contribution in [3.8, 4) is 0 Å². The first-order chi connectivity index (χ1) is 13.2. The summed E-state index contributed by atoms with van der Waals surface area (Å²) in [6.45, 7) is 11.0. The Labute approximate surface area is 166 Å². The Morgan fingerprint density at radius 3 is 2.46 bits per heavy atom. The van der Waals surface area contributed by atoms with E-state index in [1.807, 2.05) is 13.8 Å². The zero-order valence-electron chi connectivity index (χ0n) is 16.6. The minimum absolute atomic E-state index is 0.0325. The number of likely N-dealkylation sites (N-methyl/N-ethyl adjacent to an activating group) is 1. The largest absolute Gasteiger partial charge is 0.460 e. The van der Waals surface area contributed by atoms with E-state index in [4.69, 9.17) is 9.15 Å². The van der Waals surface area contributed by atoms with Gasteiger partial charge in [0.15, 0.2) is 0 Å². The molecule has 0 N–H and O–H groups in total. The van der Waals surface area contributed by atoms with E-state index < -0.39 is 16.0 Å². The number of furan rings is 1. The summed E-state index contributed by atoms with van der Waals surface area (Å²) in [6.07, 6.45) is 0.881. The summed E-state index contributed by atoms with van der Waals surface area (Å²) in [6, 6.07) is 2.54. The van der Waals surface area contributed by atoms with Crippen LogP contribution in [-0.4, -0.2) is 62.3 Å². The van der Waals surface area contributed by atoms with Crippen molar-refractivity contribution in [3.63, 3.8) is 0 Å². The lowest BCUT2D eigenvalue weighted by atomic mass is 9.96. The third kappa shape index (κ3) is 5.02. The Morgan fingerprint density at radius 1 is 1.29 bits per heavy atom. The molecule has 0 spiro atoms. The molecule has 8 nitrogen and oxygen atoms in total. The van der Waals surface area contributed by atoms with Crippen LogP contribution in [0.2, 0.25) is 0 Å². The molecule has 2 rings (SSSR count). The van der Waals surface area contributed by atoms with Gasteiger partial charge in [0, 0.05) is 32.1 Å². The molecule has 0 aliphatic carbocycles. The number of piperidine rings is 1. The standard InChI is InChI=1S/C19H28N2O6S/c1-5-20(13-14(3)4)18(22)15-9-11-21(12-10-15)28(24,25)17-8-7-16(27-17)19(23)26-6-2/h7-8,15H,3,5-6,9-13H2,1-2,4H3. The lowest BCUT2D eigenvalue weighted by molar-refractivity contribution is -0.136. The lowest BCUT2D eigenvalue weighted by Crippen LogP contribution is -2.44. The van der Waals surface area contributed by atoms with Gasteiger partial charge in [-0.25, -0.2) is 13.2 Å². The van der Waals surface area contributed by atoms with Crippen molar-refractivity contribution in [1.29, 1.82) is 0 Å². The van der Waals surface area contributed by atoms with Crippen molar-refractivity contribution in [3.05, 3.63) is 30.0 Å². The molecule has 0 bridgehead atoms. The minimum Gasteiger partial charge on any atom is -0.460 e. The smallest absolute Gasteiger partial charge is 0.374 e. The van der Waals surface area contributed by atoms with Crippen LogP contribution in [0.4, 0.5) is 0 Å². The zero-order valence-corrected chi connectivity index (χ0v) is 17.5. The molecule has 0 unspecified atom stereocenters. The molecule has 1 aromatic heterocycles. The van der Waals surface area contributed by atoms with Crippen molar-refractivity contribution < 1.29 is 27.2 Å². The molecule has 28 heavy (non-hydrogen) atoms. The molecule has 2 heterocycles. The first-order valence-corrected chi connectivity index (χ1v) is 10.8. The Kier molecular flexibility index (Phi) is 7.42. The predicted octanol–water partition coefficient (Wildman–Crippen LogP) is 2.28. The molecule has 1 fully saturated rings. The molecule has 9 heteroatoms. The molecule has 0 atom stereocenters. The highest BCUT2D eigenvalue weighted by atomic mass is 32.2. The fraction of sp³-hybridized carbons (Fsp3) is 0.579. The second-order valence-corrected chi connectivity index (χ2v) is 8.70. The summed E-state index contributed by atoms with van der Waals surface area (Å²) in [4.78, 5) is 26.1. The number of rotatable bonds is 8. The number of esters is 1. The average molecular weight is 413 g/mol. The highest BCUT2D eigenvalue weighted by molar-refractivity contribution is 7.89. The Hall–Kier alpha value is -2.13. The Bertz CT molecular complexity index is 821. The molecule has 1 aromatic rings. The van der Waals surface area contributed by atoms with Crippen LogP contribution in [0, 0.1) is 5.92 Å². The molecule has 0 aromatic carbocycles. The monoisotopic (exact) mass is 412 g/mol. The van der Waals surface area contributed by atoms with Crippen molar-refractivity contribution in [1.82, 2.24) is 9.21 Å². The van der Waals surface area contributed by atoms with Crippen LogP contribution in [0.5, 0.6) is 0 Å². The van der Waals surface area contributed by atoms with Crippen LogP contribution >= 0.6 is 0 Å². The number of carbonyl (C=O) groups is 2. The van der Waals surface area contributed by atoms with Crippen molar-refractivity contribution in [2.75, 3.05) is 32.8 Å². The van der Waals surface area contributed by atoms with Crippen LogP contribution < -0.4 is 0 Å². The van der Waals surface area contributed by atoms with Crippen LogP contribution in [0.15, 0.2) is 33.8 Å². The van der Waals surface area contributed by atoms with Crippen LogP contribution in [-0.2, 0) is 19.6 Å². The maximum atomic E-state index is 12.8. The number of sulfonamides is 1. The summed E-state index contributed by atoms with van der Waals surface area (Å²) < 4.78 is 36.8. The van der Waals surface area contributed by atoms with Crippen LogP contribution in [0.1, 0.15) is 44.2 Å². The highest BCUT2D eigenvalue weighted by Gasteiger charge is 2.35. The summed E-state index contributed by atoms with van der Waals surface area (Å²) in [5.41, 5.74) is 0.908. The number of nitrogens with zero attached hydrogens (tertiary/aromatic N) is 2. The normalized spacial score (nSPS) is 16.0. The molecule has 0 saturated carbocycles. The van der Waals surface area contributed by atoms with Gasteiger partial charge >= 0.3 is 5.97 Å². The van der Waals surface area contributed by atoms with Crippen molar-refractivity contribution in [2.24, 2.45) is 5.92 Å². The third-order valence-electron chi connectivity index (χ3n) is 4.61. The van der Waals surface area contributed by atoms with E-state index in [1.54, 1.807) is 11.8 Å². The number of amides is 1. The first kappa shape index (κ1) is 22.2. The second kappa shape index (κ2) is 9.38. The van der Waals surface area contributed by atoms with Crippen LogP contribution in [0.25, 0.3) is 0 Å². The van der Waals surface area contributed by atoms with Gasteiger partial charge in [0.25, 0.3) is 10.0 Å². The molecular weight excluding hydrogens is 384 g/mol. The van der Waals surface area contributed by atoms with E-state index in [2.05, 4.69) is 6.58 Å². The van der Waals surface area contributed by atoms with Gasteiger partial charge in [0.1, 0.15) is 0 Å². The molecule has 1 saturated heterocycles. The van der Waals surface area contributed by atoms with Crippen molar-refractivity contribution >= 4 is 21.9 Å². The maximum absolute atomic E-state index is 12.8. The van der Waals surface area contributed by atoms with Crippen molar-refractivity contribution in [2.45, 2.75) is 38.7 Å². The fourth-order valence-electron chi connectivity index (χ4n) is 3.17. The van der Waals surface area contributed by atoms with E-state index in [9.17, 15) is 18.0 Å². The number of carbonyl (C=O) groups excluding carboxylic acids is 2. The van der Waals surface area contributed by atoms with E-state index in [-0.39, 0.29) is 42.4 Å². The summed E-state index contributed by atoms with van der Waals surface area (Å²) in [7, 11) is -3.86. The SMILES string of the molecule is C=C(C)CN(CC)C(=O)C1CCN(S(=O)(=O)c2ccc(C(=O)OCC)o2)CC1. The Morgan fingerprint density at radius 2 is 1.93 bits per heavy atom. The molecule has 156 valence electrons. The number of hydrogen-bond acceptors (Lipinski definition) is 6. The van der Waals surface area contributed by atoms with E-state index in [0.29, 0.717) is 25.9 Å². The predicted molar refractivity (Wildman–Crippen MR) is 103 cm³/mol. The summed E-state index contributed by atoms with van der Waals surface area (Å²) >= 11 is 0. The third-order valence-corrected chi connectivity index (χ3v) is 6.38. The number of hydrogen-bond donors (Lipinski definition) is 0. The molecule has 1 aliphatic heterocycles. The van der Waals surface area contributed by atoms with Gasteiger partial charge in [-0.15, -0.1) is 0 Å². The molecule has 1 aliphatic rings. The van der Waals surface area contributed by atoms with Gasteiger partial charge < -0.3 is 14.1 Å². The van der Waals surface area contributed by atoms with Gasteiger partial charge in [-0.05, 0) is 45.7 Å². The molecule has 1 amide bonds. The lowest BCUT2D eigenvalue weighted by Gasteiger charge is -2.33. The minimum atomic E-state index is -3.86. The first-order valence-electron chi connectivity index (χ1n) is 9.41. The van der Waals surface area contributed by atoms with E-state index in [1.165, 1.54) is 16.4 Å². The van der Waals surface area contributed by atoms with Gasteiger partial charge in [-0.3, -0.25) is 4.79 Å². The molecular formula is C19H28N2O6S. The van der Waals surface area contributed by atoms with Crippen LogP contribution in [0.3, 0.4) is 0 Å². The maximum Gasteiger partial charge on any atom is 0.374 e. The van der Waals surface area contributed by atoms with Gasteiger partial charge in [0.05, 0.1) is 6.61 Å². The zero-order chi connectivity index (χ0) is 20.9. The Balaban J connectivity index is 2.02. The summed E-state index contributed by atoms with van der Waals surface area (Å²) in [5.74, 6) is -1.03. The summed E-state index contributed by atoms with van der Waals surface area (Å²) in [5, 5.41) is -0.294. The average Bonchev–Trinajstić information content (AvgIpc) is 3.17. The van der Waals surface area contributed by atoms with E-state index >= 15 is 0 Å². The molecule has 0 radical (unpaired) electrons. The topological polar surface area (TPSA) is 97.1 Å². The van der Waals surface area contributed by atoms with Gasteiger partial charge in [-0.2, -0.15) is 4.31 Å².